The number of anilines is 1. The van der Waals surface area contributed by atoms with Gasteiger partial charge in [0, 0.05) is 24.3 Å². The Labute approximate surface area is 141 Å². The van der Waals surface area contributed by atoms with E-state index in [0.29, 0.717) is 18.1 Å². The fraction of sp³-hybridized carbons (Fsp3) is 0.444. The van der Waals surface area contributed by atoms with Crippen molar-refractivity contribution < 1.29 is 0 Å². The number of hydrogen-bond donors (Lipinski definition) is 3. The Balaban J connectivity index is 1.63. The minimum absolute atomic E-state index is 0.236. The molecule has 24 heavy (non-hydrogen) atoms. The summed E-state index contributed by atoms with van der Waals surface area (Å²) in [6, 6.07) is 10.9. The number of nitrogens with zero attached hydrogens (tertiary/aromatic N) is 2. The lowest BCUT2D eigenvalue weighted by molar-refractivity contribution is 0.444. The summed E-state index contributed by atoms with van der Waals surface area (Å²) in [6.07, 6.45) is 5.94. The molecule has 0 bridgehead atoms. The molecular weight excluding hydrogens is 302 g/mol. The number of rotatable bonds is 5. The van der Waals surface area contributed by atoms with Gasteiger partial charge in [0.2, 0.25) is 0 Å². The molecule has 0 radical (unpaired) electrons. The van der Waals surface area contributed by atoms with Gasteiger partial charge in [-0.15, -0.1) is 0 Å². The maximum Gasteiger partial charge on any atom is 0.354 e. The van der Waals surface area contributed by atoms with Gasteiger partial charge in [0.05, 0.1) is 5.69 Å². The van der Waals surface area contributed by atoms with Gasteiger partial charge in [-0.25, -0.2) is 4.79 Å². The molecule has 1 saturated carbocycles. The molecule has 2 aromatic rings. The van der Waals surface area contributed by atoms with Gasteiger partial charge >= 0.3 is 5.69 Å². The first-order valence-electron chi connectivity index (χ1n) is 8.47. The van der Waals surface area contributed by atoms with Crippen LogP contribution in [-0.2, 0) is 6.42 Å². The molecule has 1 aliphatic rings. The van der Waals surface area contributed by atoms with E-state index >= 15 is 0 Å². The molecule has 3 atom stereocenters. The lowest BCUT2D eigenvalue weighted by atomic mass is 10.1. The lowest BCUT2D eigenvalue weighted by Gasteiger charge is -2.19. The van der Waals surface area contributed by atoms with Crippen molar-refractivity contribution in [3.8, 4) is 5.69 Å². The zero-order valence-electron chi connectivity index (χ0n) is 14.0. The zero-order valence-corrected chi connectivity index (χ0v) is 14.0. The Bertz CT molecular complexity index is 740. The second-order valence-electron chi connectivity index (χ2n) is 6.71. The number of aromatic nitrogens is 2. The highest BCUT2D eigenvalue weighted by Gasteiger charge is 2.22. The highest BCUT2D eigenvalue weighted by Crippen LogP contribution is 2.18. The monoisotopic (exact) mass is 327 g/mol. The Hall–Kier alpha value is -2.18. The normalized spacial score (nSPS) is 21.8. The van der Waals surface area contributed by atoms with Crippen molar-refractivity contribution in [2.24, 2.45) is 5.73 Å². The van der Waals surface area contributed by atoms with Crippen LogP contribution < -0.4 is 22.5 Å². The summed E-state index contributed by atoms with van der Waals surface area (Å²) in [5, 5.41) is 3.66. The van der Waals surface area contributed by atoms with E-state index in [-0.39, 0.29) is 11.5 Å². The highest BCUT2D eigenvalue weighted by molar-refractivity contribution is 5.36. The van der Waals surface area contributed by atoms with Crippen molar-refractivity contribution in [2.75, 3.05) is 5.73 Å². The Kier molecular flexibility index (Phi) is 4.97. The van der Waals surface area contributed by atoms with Crippen molar-refractivity contribution in [2.45, 2.75) is 50.7 Å². The van der Waals surface area contributed by atoms with E-state index in [2.05, 4.69) is 29.4 Å². The molecule has 6 heteroatoms. The molecule has 1 fully saturated rings. The Morgan fingerprint density at radius 2 is 2.04 bits per heavy atom. The number of hydrogen-bond acceptors (Lipinski definition) is 5. The summed E-state index contributed by atoms with van der Waals surface area (Å²) in [7, 11) is 0. The molecule has 1 aliphatic carbocycles. The zero-order chi connectivity index (χ0) is 17.1. The van der Waals surface area contributed by atoms with Gasteiger partial charge in [-0.05, 0) is 56.4 Å². The van der Waals surface area contributed by atoms with Crippen molar-refractivity contribution in [3.05, 3.63) is 52.6 Å². The fourth-order valence-electron chi connectivity index (χ4n) is 3.39. The molecule has 1 aromatic carbocycles. The first-order chi connectivity index (χ1) is 11.5. The summed E-state index contributed by atoms with van der Waals surface area (Å²) in [5.41, 5.74) is 13.1. The average molecular weight is 327 g/mol. The van der Waals surface area contributed by atoms with E-state index in [1.54, 1.807) is 12.3 Å². The van der Waals surface area contributed by atoms with Gasteiger partial charge in [-0.1, -0.05) is 12.1 Å². The molecule has 128 valence electrons. The fourth-order valence-corrected chi connectivity index (χ4v) is 3.39. The standard InChI is InChI=1S/C18H25N5O/c1-12(21-15-5-4-14(19)11-15)10-13-2-6-16(7-3-13)23-9-8-17(20)22-18(23)24/h2-3,6-9,12,14-15,21H,4-5,10-11,19H2,1H3,(H2,20,22,24)/t12?,14?,15-/m0/s1. The van der Waals surface area contributed by atoms with Crippen LogP contribution in [-0.4, -0.2) is 27.7 Å². The summed E-state index contributed by atoms with van der Waals surface area (Å²) in [5.74, 6) is 0.236. The van der Waals surface area contributed by atoms with E-state index in [0.717, 1.165) is 31.4 Å². The lowest BCUT2D eigenvalue weighted by Crippen LogP contribution is -2.37. The maximum absolute atomic E-state index is 11.9. The summed E-state index contributed by atoms with van der Waals surface area (Å²) in [6.45, 7) is 2.20. The van der Waals surface area contributed by atoms with Gasteiger partial charge in [0.15, 0.2) is 0 Å². The first-order valence-corrected chi connectivity index (χ1v) is 8.47. The van der Waals surface area contributed by atoms with Gasteiger partial charge in [0.1, 0.15) is 5.82 Å². The predicted octanol–water partition coefficient (Wildman–Crippen LogP) is 1.22. The van der Waals surface area contributed by atoms with E-state index in [1.165, 1.54) is 10.1 Å². The van der Waals surface area contributed by atoms with Crippen LogP contribution in [0, 0.1) is 0 Å². The van der Waals surface area contributed by atoms with Crippen molar-refractivity contribution in [1.29, 1.82) is 0 Å². The third-order valence-electron chi connectivity index (χ3n) is 4.57. The number of nitrogens with two attached hydrogens (primary N) is 2. The summed E-state index contributed by atoms with van der Waals surface area (Å²) >= 11 is 0. The van der Waals surface area contributed by atoms with Crippen LogP contribution in [0.2, 0.25) is 0 Å². The average Bonchev–Trinajstić information content (AvgIpc) is 2.93. The minimum atomic E-state index is -0.365. The molecule has 0 amide bonds. The molecule has 1 heterocycles. The first kappa shape index (κ1) is 16.7. The van der Waals surface area contributed by atoms with Crippen molar-refractivity contribution >= 4 is 5.82 Å². The van der Waals surface area contributed by atoms with E-state index in [1.807, 2.05) is 12.1 Å². The van der Waals surface area contributed by atoms with Crippen LogP contribution >= 0.6 is 0 Å². The quantitative estimate of drug-likeness (QED) is 0.767. The molecule has 0 saturated heterocycles. The molecule has 3 rings (SSSR count). The third-order valence-corrected chi connectivity index (χ3v) is 4.57. The molecule has 1 aromatic heterocycles. The molecule has 0 aliphatic heterocycles. The van der Waals surface area contributed by atoms with Gasteiger partial charge in [-0.2, -0.15) is 4.98 Å². The van der Waals surface area contributed by atoms with Crippen LogP contribution in [0.1, 0.15) is 31.7 Å². The smallest absolute Gasteiger partial charge is 0.354 e. The largest absolute Gasteiger partial charge is 0.383 e. The molecule has 6 nitrogen and oxygen atoms in total. The van der Waals surface area contributed by atoms with Crippen LogP contribution in [0.5, 0.6) is 0 Å². The minimum Gasteiger partial charge on any atom is -0.383 e. The second kappa shape index (κ2) is 7.15. The maximum atomic E-state index is 11.9. The van der Waals surface area contributed by atoms with Gasteiger partial charge < -0.3 is 16.8 Å². The molecular formula is C18H25N5O. The highest BCUT2D eigenvalue weighted by atomic mass is 16.1. The SMILES string of the molecule is CC(Cc1ccc(-n2ccc(N)nc2=O)cc1)N[C@H]1CCC(N)C1. The Morgan fingerprint density at radius 3 is 2.67 bits per heavy atom. The molecule has 5 N–H and O–H groups in total. The summed E-state index contributed by atoms with van der Waals surface area (Å²) < 4.78 is 1.49. The second-order valence-corrected chi connectivity index (χ2v) is 6.71. The van der Waals surface area contributed by atoms with Crippen molar-refractivity contribution in [3.63, 3.8) is 0 Å². The van der Waals surface area contributed by atoms with E-state index in [4.69, 9.17) is 11.5 Å². The number of nitrogens with one attached hydrogen (secondary N) is 1. The predicted molar refractivity (Wildman–Crippen MR) is 96.2 cm³/mol. The van der Waals surface area contributed by atoms with Crippen LogP contribution in [0.4, 0.5) is 5.82 Å². The third kappa shape index (κ3) is 4.01. The van der Waals surface area contributed by atoms with Crippen molar-refractivity contribution in [1.82, 2.24) is 14.9 Å². The number of nitrogen functional groups attached to an aromatic ring is 1. The van der Waals surface area contributed by atoms with E-state index < -0.39 is 0 Å². The van der Waals surface area contributed by atoms with Crippen LogP contribution in [0.3, 0.4) is 0 Å². The van der Waals surface area contributed by atoms with Gasteiger partial charge in [0.25, 0.3) is 0 Å². The van der Waals surface area contributed by atoms with Gasteiger partial charge in [-0.3, -0.25) is 4.57 Å². The summed E-state index contributed by atoms with van der Waals surface area (Å²) in [4.78, 5) is 15.6. The van der Waals surface area contributed by atoms with E-state index in [9.17, 15) is 4.79 Å². The van der Waals surface area contributed by atoms with Crippen LogP contribution in [0.15, 0.2) is 41.3 Å². The molecule has 0 spiro atoms. The topological polar surface area (TPSA) is 99.0 Å². The molecule has 2 unspecified atom stereocenters. The Morgan fingerprint density at radius 1 is 1.29 bits per heavy atom. The number of benzene rings is 1. The van der Waals surface area contributed by atoms with Crippen LogP contribution in [0.25, 0.3) is 5.69 Å².